The van der Waals surface area contributed by atoms with Crippen LogP contribution in [0.3, 0.4) is 0 Å². The minimum atomic E-state index is -0.367. The molecule has 0 aliphatic carbocycles. The second-order valence-electron chi connectivity index (χ2n) is 7.17. The maximum Gasteiger partial charge on any atom is 0.283 e. The van der Waals surface area contributed by atoms with Crippen LogP contribution in [0.25, 0.3) is 0 Å². The number of anilines is 2. The summed E-state index contributed by atoms with van der Waals surface area (Å²) >= 11 is 7.26. The van der Waals surface area contributed by atoms with Crippen LogP contribution in [0.4, 0.5) is 11.4 Å². The number of nitrogens with one attached hydrogen (secondary N) is 1. The van der Waals surface area contributed by atoms with Crippen molar-refractivity contribution in [1.29, 1.82) is 0 Å². The van der Waals surface area contributed by atoms with Crippen LogP contribution in [0.15, 0.2) is 88.3 Å². The van der Waals surface area contributed by atoms with Crippen molar-refractivity contribution in [3.8, 4) is 0 Å². The molecule has 1 aliphatic heterocycles. The Morgan fingerprint density at radius 3 is 2.23 bits per heavy atom. The van der Waals surface area contributed by atoms with Gasteiger partial charge in [0.2, 0.25) is 0 Å². The number of hydrogen-bond acceptors (Lipinski definition) is 4. The van der Waals surface area contributed by atoms with Gasteiger partial charge in [0.15, 0.2) is 0 Å². The summed E-state index contributed by atoms with van der Waals surface area (Å²) in [6.07, 6.45) is 0.887. The van der Waals surface area contributed by atoms with Crippen LogP contribution < -0.4 is 10.2 Å². The van der Waals surface area contributed by atoms with Gasteiger partial charge in [-0.15, -0.1) is 0 Å². The van der Waals surface area contributed by atoms with Crippen LogP contribution >= 0.6 is 23.4 Å². The smallest absolute Gasteiger partial charge is 0.283 e. The van der Waals surface area contributed by atoms with Crippen molar-refractivity contribution in [2.75, 3.05) is 10.2 Å². The van der Waals surface area contributed by atoms with Crippen molar-refractivity contribution in [1.82, 2.24) is 0 Å². The highest BCUT2D eigenvalue weighted by atomic mass is 35.5. The summed E-state index contributed by atoms with van der Waals surface area (Å²) in [5.41, 5.74) is 3.75. The van der Waals surface area contributed by atoms with Crippen molar-refractivity contribution in [2.24, 2.45) is 0 Å². The fourth-order valence-corrected chi connectivity index (χ4v) is 4.35. The van der Waals surface area contributed by atoms with E-state index in [9.17, 15) is 9.59 Å². The van der Waals surface area contributed by atoms with Crippen LogP contribution in [-0.2, 0) is 16.0 Å². The normalized spacial score (nSPS) is 13.8. The van der Waals surface area contributed by atoms with Gasteiger partial charge in [-0.1, -0.05) is 60.6 Å². The molecule has 0 bridgehead atoms. The largest absolute Gasteiger partial charge is 0.350 e. The number of nitrogens with zero attached hydrogens (tertiary/aromatic N) is 1. The van der Waals surface area contributed by atoms with Gasteiger partial charge in [0.05, 0.1) is 5.69 Å². The van der Waals surface area contributed by atoms with E-state index in [1.165, 1.54) is 16.7 Å². The lowest BCUT2D eigenvalue weighted by Crippen LogP contribution is -2.32. The predicted octanol–water partition coefficient (Wildman–Crippen LogP) is 6.20. The molecule has 31 heavy (non-hydrogen) atoms. The van der Waals surface area contributed by atoms with Gasteiger partial charge < -0.3 is 5.32 Å². The molecule has 1 N–H and O–H groups in total. The van der Waals surface area contributed by atoms with Gasteiger partial charge in [-0.25, -0.2) is 4.90 Å². The molecule has 0 atom stereocenters. The lowest BCUT2D eigenvalue weighted by molar-refractivity contribution is -0.120. The molecule has 2 amide bonds. The molecule has 3 aromatic rings. The number of thioether (sulfide) groups is 1. The first kappa shape index (κ1) is 21.2. The molecule has 6 heteroatoms. The zero-order chi connectivity index (χ0) is 22.0. The Kier molecular flexibility index (Phi) is 6.16. The summed E-state index contributed by atoms with van der Waals surface area (Å²) in [6, 6.07) is 22.4. The van der Waals surface area contributed by atoms with Gasteiger partial charge in [0.1, 0.15) is 10.6 Å². The van der Waals surface area contributed by atoms with Gasteiger partial charge in [0, 0.05) is 15.6 Å². The average Bonchev–Trinajstić information content (AvgIpc) is 3.01. The van der Waals surface area contributed by atoms with Crippen LogP contribution in [0.2, 0.25) is 5.02 Å². The van der Waals surface area contributed by atoms with Gasteiger partial charge in [-0.3, -0.25) is 9.59 Å². The first-order valence-corrected chi connectivity index (χ1v) is 11.2. The summed E-state index contributed by atoms with van der Waals surface area (Å²) < 4.78 is 0. The molecule has 0 saturated carbocycles. The maximum atomic E-state index is 13.4. The molecule has 1 heterocycles. The van der Waals surface area contributed by atoms with Crippen molar-refractivity contribution in [3.05, 3.63) is 99.5 Å². The number of para-hydroxylation sites is 1. The fourth-order valence-electron chi connectivity index (χ4n) is 3.30. The van der Waals surface area contributed by atoms with Gasteiger partial charge in [-0.05, 0) is 66.9 Å². The number of carbonyl (C=O) groups excluding carboxylic acids is 2. The Balaban J connectivity index is 1.74. The lowest BCUT2D eigenvalue weighted by atomic mass is 10.1. The van der Waals surface area contributed by atoms with E-state index in [1.807, 2.05) is 67.6 Å². The van der Waals surface area contributed by atoms with Crippen molar-refractivity contribution < 1.29 is 9.59 Å². The Bertz CT molecular complexity index is 1170. The SMILES string of the molecule is CCc1ccc(N2C(=O)C(Nc3ccccc3C)=C(Sc3ccc(Cl)cc3)C2=O)cc1. The molecule has 4 rings (SSSR count). The first-order chi connectivity index (χ1) is 15.0. The minimum Gasteiger partial charge on any atom is -0.350 e. The summed E-state index contributed by atoms with van der Waals surface area (Å²) in [6.45, 7) is 4.02. The van der Waals surface area contributed by atoms with E-state index in [-0.39, 0.29) is 17.5 Å². The number of halogens is 1. The number of hydrogen-bond donors (Lipinski definition) is 1. The van der Waals surface area contributed by atoms with E-state index in [0.29, 0.717) is 15.6 Å². The third kappa shape index (κ3) is 4.38. The molecule has 4 nitrogen and oxygen atoms in total. The zero-order valence-corrected chi connectivity index (χ0v) is 18.8. The van der Waals surface area contributed by atoms with Crippen molar-refractivity contribution in [3.63, 3.8) is 0 Å². The van der Waals surface area contributed by atoms with Crippen LogP contribution in [0.1, 0.15) is 18.1 Å². The number of aryl methyl sites for hydroxylation is 2. The van der Waals surface area contributed by atoms with Gasteiger partial charge >= 0.3 is 0 Å². The standard InChI is InChI=1S/C25H21ClN2O2S/c1-3-17-8-12-19(13-9-17)28-24(29)22(27-21-7-5-4-6-16(21)2)23(25(28)30)31-20-14-10-18(26)11-15-20/h4-15,27H,3H2,1-2H3. The summed E-state index contributed by atoms with van der Waals surface area (Å²) in [4.78, 5) is 29.2. The van der Waals surface area contributed by atoms with E-state index in [1.54, 1.807) is 12.1 Å². The van der Waals surface area contributed by atoms with Crippen LogP contribution in [0, 0.1) is 6.92 Å². The van der Waals surface area contributed by atoms with E-state index in [4.69, 9.17) is 11.6 Å². The first-order valence-electron chi connectivity index (χ1n) is 9.96. The third-order valence-electron chi connectivity index (χ3n) is 5.08. The number of benzene rings is 3. The van der Waals surface area contributed by atoms with Crippen LogP contribution in [-0.4, -0.2) is 11.8 Å². The molecule has 0 fully saturated rings. The molecule has 1 aliphatic rings. The highest BCUT2D eigenvalue weighted by Gasteiger charge is 2.40. The maximum absolute atomic E-state index is 13.4. The lowest BCUT2D eigenvalue weighted by Gasteiger charge is -2.16. The number of imide groups is 1. The monoisotopic (exact) mass is 448 g/mol. The molecule has 0 aromatic heterocycles. The van der Waals surface area contributed by atoms with Crippen molar-refractivity contribution >= 4 is 46.6 Å². The van der Waals surface area contributed by atoms with Gasteiger partial charge in [-0.2, -0.15) is 0 Å². The topological polar surface area (TPSA) is 49.4 Å². The Morgan fingerprint density at radius 2 is 1.58 bits per heavy atom. The number of carbonyl (C=O) groups is 2. The molecule has 0 saturated heterocycles. The number of amides is 2. The van der Waals surface area contributed by atoms with Crippen LogP contribution in [0.5, 0.6) is 0 Å². The molecular formula is C25H21ClN2O2S. The Morgan fingerprint density at radius 1 is 0.903 bits per heavy atom. The van der Waals surface area contributed by atoms with E-state index in [2.05, 4.69) is 12.2 Å². The van der Waals surface area contributed by atoms with E-state index >= 15 is 0 Å². The molecule has 156 valence electrons. The minimum absolute atomic E-state index is 0.277. The quantitative estimate of drug-likeness (QED) is 0.456. The molecule has 0 spiro atoms. The second kappa shape index (κ2) is 9.00. The molecular weight excluding hydrogens is 428 g/mol. The molecule has 0 unspecified atom stereocenters. The fraction of sp³-hybridized carbons (Fsp3) is 0.120. The summed E-state index contributed by atoms with van der Waals surface area (Å²) in [5, 5.41) is 3.83. The third-order valence-corrected chi connectivity index (χ3v) is 6.43. The Labute approximate surface area is 190 Å². The average molecular weight is 449 g/mol. The van der Waals surface area contributed by atoms with E-state index in [0.717, 1.165) is 28.1 Å². The highest BCUT2D eigenvalue weighted by molar-refractivity contribution is 8.04. The number of rotatable bonds is 6. The second-order valence-corrected chi connectivity index (χ2v) is 8.69. The predicted molar refractivity (Wildman–Crippen MR) is 127 cm³/mol. The summed E-state index contributed by atoms with van der Waals surface area (Å²) in [5.74, 6) is -0.709. The van der Waals surface area contributed by atoms with Crippen molar-refractivity contribution in [2.45, 2.75) is 25.2 Å². The summed E-state index contributed by atoms with van der Waals surface area (Å²) in [7, 11) is 0. The highest BCUT2D eigenvalue weighted by Crippen LogP contribution is 2.38. The van der Waals surface area contributed by atoms with E-state index < -0.39 is 0 Å². The molecule has 3 aromatic carbocycles. The zero-order valence-electron chi connectivity index (χ0n) is 17.2. The molecule has 0 radical (unpaired) electrons. The van der Waals surface area contributed by atoms with Gasteiger partial charge in [0.25, 0.3) is 11.8 Å². The Hall–Kier alpha value is -3.02.